The van der Waals surface area contributed by atoms with Crippen LogP contribution >= 0.6 is 0 Å². The lowest BCUT2D eigenvalue weighted by molar-refractivity contribution is -0.117. The number of amides is 1. The molecule has 0 fully saturated rings. The summed E-state index contributed by atoms with van der Waals surface area (Å²) in [7, 11) is 1.31. The molecule has 0 aliphatic rings. The minimum Gasteiger partial charge on any atom is -0.465 e. The maximum Gasteiger partial charge on any atom is 0.337 e. The van der Waals surface area contributed by atoms with Crippen molar-refractivity contribution in [3.8, 4) is 12.3 Å². The molecule has 0 saturated heterocycles. The first-order chi connectivity index (χ1) is 8.99. The molecule has 0 radical (unpaired) electrons. The molecule has 5 nitrogen and oxygen atoms in total. The Balaban J connectivity index is 2.84. The summed E-state index contributed by atoms with van der Waals surface area (Å²) in [6, 6.07) is 4.09. The van der Waals surface area contributed by atoms with E-state index in [1.807, 2.05) is 0 Å². The van der Waals surface area contributed by atoms with Crippen LogP contribution in [-0.4, -0.2) is 25.0 Å². The highest BCUT2D eigenvalue weighted by atomic mass is 16.5. The van der Waals surface area contributed by atoms with Crippen molar-refractivity contribution in [3.63, 3.8) is 0 Å². The molecule has 1 amide bonds. The van der Waals surface area contributed by atoms with E-state index in [0.717, 1.165) is 5.56 Å². The Morgan fingerprint density at radius 3 is 2.74 bits per heavy atom. The van der Waals surface area contributed by atoms with E-state index in [1.165, 1.54) is 7.11 Å². The zero-order valence-electron chi connectivity index (χ0n) is 10.9. The molecular formula is C14H16N2O3. The van der Waals surface area contributed by atoms with E-state index in [9.17, 15) is 9.59 Å². The third kappa shape index (κ3) is 3.83. The third-order valence-electron chi connectivity index (χ3n) is 2.58. The normalized spacial score (nSPS) is 11.3. The van der Waals surface area contributed by atoms with Crippen molar-refractivity contribution < 1.29 is 14.3 Å². The van der Waals surface area contributed by atoms with Crippen molar-refractivity contribution in [2.24, 2.45) is 5.73 Å². The largest absolute Gasteiger partial charge is 0.465 e. The number of hydrogen-bond acceptors (Lipinski definition) is 4. The van der Waals surface area contributed by atoms with Gasteiger partial charge in [0.15, 0.2) is 0 Å². The maximum atomic E-state index is 11.7. The monoisotopic (exact) mass is 260 g/mol. The fourth-order valence-corrected chi connectivity index (χ4v) is 1.49. The molecule has 0 spiro atoms. The number of terminal acetylenes is 1. The van der Waals surface area contributed by atoms with E-state index in [1.54, 1.807) is 25.1 Å². The molecule has 1 unspecified atom stereocenters. The zero-order valence-corrected chi connectivity index (χ0v) is 10.9. The lowest BCUT2D eigenvalue weighted by atomic mass is 10.1. The molecule has 3 N–H and O–H groups in total. The highest BCUT2D eigenvalue weighted by Crippen LogP contribution is 2.17. The predicted octanol–water partition coefficient (Wildman–Crippen LogP) is 1.07. The quantitative estimate of drug-likeness (QED) is 0.626. The molecular weight excluding hydrogens is 244 g/mol. The van der Waals surface area contributed by atoms with E-state index in [4.69, 9.17) is 12.2 Å². The van der Waals surface area contributed by atoms with Crippen LogP contribution in [0.5, 0.6) is 0 Å². The molecule has 0 aliphatic carbocycles. The van der Waals surface area contributed by atoms with E-state index >= 15 is 0 Å². The van der Waals surface area contributed by atoms with Gasteiger partial charge in [-0.2, -0.15) is 0 Å². The van der Waals surface area contributed by atoms with Crippen LogP contribution in [0.4, 0.5) is 5.69 Å². The van der Waals surface area contributed by atoms with Gasteiger partial charge in [0.05, 0.1) is 18.7 Å². The second-order valence-electron chi connectivity index (χ2n) is 4.03. The molecule has 1 aromatic rings. The molecule has 0 bridgehead atoms. The summed E-state index contributed by atoms with van der Waals surface area (Å²) >= 11 is 0. The summed E-state index contributed by atoms with van der Waals surface area (Å²) in [4.78, 5) is 23.0. The second kappa shape index (κ2) is 6.57. The minimum atomic E-state index is -0.746. The number of nitrogens with two attached hydrogens (primary N) is 1. The molecule has 1 rings (SSSR count). The van der Waals surface area contributed by atoms with Gasteiger partial charge in [0, 0.05) is 12.1 Å². The van der Waals surface area contributed by atoms with Crippen LogP contribution in [0.1, 0.15) is 22.3 Å². The van der Waals surface area contributed by atoms with Crippen molar-refractivity contribution in [2.45, 2.75) is 19.4 Å². The van der Waals surface area contributed by atoms with Gasteiger partial charge in [0.2, 0.25) is 5.91 Å². The van der Waals surface area contributed by atoms with Crippen LogP contribution in [0, 0.1) is 19.3 Å². The number of hydrogen-bond donors (Lipinski definition) is 2. The average molecular weight is 260 g/mol. The molecule has 0 heterocycles. The van der Waals surface area contributed by atoms with Gasteiger partial charge < -0.3 is 15.8 Å². The first-order valence-electron chi connectivity index (χ1n) is 5.68. The van der Waals surface area contributed by atoms with Crippen LogP contribution < -0.4 is 11.1 Å². The number of benzene rings is 1. The fourth-order valence-electron chi connectivity index (χ4n) is 1.49. The first kappa shape index (κ1) is 14.7. The van der Waals surface area contributed by atoms with E-state index in [0.29, 0.717) is 11.3 Å². The van der Waals surface area contributed by atoms with Crippen molar-refractivity contribution in [1.29, 1.82) is 0 Å². The predicted molar refractivity (Wildman–Crippen MR) is 72.6 cm³/mol. The Kier molecular flexibility index (Phi) is 5.10. The molecule has 100 valence electrons. The molecule has 1 aromatic carbocycles. The zero-order chi connectivity index (χ0) is 14.4. The highest BCUT2D eigenvalue weighted by molar-refractivity contribution is 5.96. The smallest absolute Gasteiger partial charge is 0.337 e. The Morgan fingerprint density at radius 1 is 1.53 bits per heavy atom. The SMILES string of the molecule is C#CCC(N)C(=O)Nc1ccc(C(=O)OC)cc1C. The number of nitrogens with one attached hydrogen (secondary N) is 1. The molecule has 5 heteroatoms. The van der Waals surface area contributed by atoms with E-state index in [2.05, 4.69) is 16.0 Å². The van der Waals surface area contributed by atoms with Gasteiger partial charge in [-0.25, -0.2) is 4.79 Å². The number of esters is 1. The van der Waals surface area contributed by atoms with Crippen LogP contribution in [0.3, 0.4) is 0 Å². The van der Waals surface area contributed by atoms with Crippen molar-refractivity contribution in [1.82, 2.24) is 0 Å². The Morgan fingerprint density at radius 2 is 2.21 bits per heavy atom. The molecule has 0 saturated carbocycles. The van der Waals surface area contributed by atoms with Gasteiger partial charge in [-0.05, 0) is 30.7 Å². The topological polar surface area (TPSA) is 81.4 Å². The lowest BCUT2D eigenvalue weighted by Crippen LogP contribution is -2.35. The van der Waals surface area contributed by atoms with Crippen molar-refractivity contribution in [2.75, 3.05) is 12.4 Å². The summed E-state index contributed by atoms with van der Waals surface area (Å²) in [6.45, 7) is 1.77. The average Bonchev–Trinajstić information content (AvgIpc) is 2.40. The first-order valence-corrected chi connectivity index (χ1v) is 5.68. The number of aryl methyl sites for hydroxylation is 1. The lowest BCUT2D eigenvalue weighted by Gasteiger charge is -2.12. The van der Waals surface area contributed by atoms with Gasteiger partial charge in [-0.1, -0.05) is 0 Å². The van der Waals surface area contributed by atoms with Crippen molar-refractivity contribution >= 4 is 17.6 Å². The number of carbonyl (C=O) groups is 2. The van der Waals surface area contributed by atoms with Crippen LogP contribution in [-0.2, 0) is 9.53 Å². The molecule has 1 atom stereocenters. The van der Waals surface area contributed by atoms with Gasteiger partial charge in [-0.3, -0.25) is 4.79 Å². The molecule has 19 heavy (non-hydrogen) atoms. The summed E-state index contributed by atoms with van der Waals surface area (Å²) in [6.07, 6.45) is 5.27. The molecule has 0 aromatic heterocycles. The highest BCUT2D eigenvalue weighted by Gasteiger charge is 2.14. The van der Waals surface area contributed by atoms with E-state index < -0.39 is 12.0 Å². The van der Waals surface area contributed by atoms with Gasteiger partial charge in [-0.15, -0.1) is 12.3 Å². The Hall–Kier alpha value is -2.32. The number of anilines is 1. The van der Waals surface area contributed by atoms with Gasteiger partial charge in [0.25, 0.3) is 0 Å². The fraction of sp³-hybridized carbons (Fsp3) is 0.286. The molecule has 0 aliphatic heterocycles. The number of ether oxygens (including phenoxy) is 1. The second-order valence-corrected chi connectivity index (χ2v) is 4.03. The number of rotatable bonds is 4. The van der Waals surface area contributed by atoms with Crippen LogP contribution in [0.2, 0.25) is 0 Å². The summed E-state index contributed by atoms with van der Waals surface area (Å²) < 4.78 is 4.61. The number of methoxy groups -OCH3 is 1. The van der Waals surface area contributed by atoms with E-state index in [-0.39, 0.29) is 12.3 Å². The van der Waals surface area contributed by atoms with Gasteiger partial charge >= 0.3 is 5.97 Å². The van der Waals surface area contributed by atoms with Crippen LogP contribution in [0.25, 0.3) is 0 Å². The van der Waals surface area contributed by atoms with Gasteiger partial charge in [0.1, 0.15) is 0 Å². The van der Waals surface area contributed by atoms with Crippen molar-refractivity contribution in [3.05, 3.63) is 29.3 Å². The minimum absolute atomic E-state index is 0.172. The number of carbonyl (C=O) groups excluding carboxylic acids is 2. The summed E-state index contributed by atoms with van der Waals surface area (Å²) in [5.41, 5.74) is 7.35. The standard InChI is InChI=1S/C14H16N2O3/c1-4-5-11(15)13(17)16-12-7-6-10(8-9(12)2)14(18)19-3/h1,6-8,11H,5,15H2,2-3H3,(H,16,17). The maximum absolute atomic E-state index is 11.7. The van der Waals surface area contributed by atoms with Crippen LogP contribution in [0.15, 0.2) is 18.2 Å². The third-order valence-corrected chi connectivity index (χ3v) is 2.58. The summed E-state index contributed by atoms with van der Waals surface area (Å²) in [5.74, 6) is 1.55. The Labute approximate surface area is 112 Å². The summed E-state index contributed by atoms with van der Waals surface area (Å²) in [5, 5.41) is 2.67. The Bertz CT molecular complexity index is 532.